The number of ether oxygens (including phenoxy) is 1. The predicted octanol–water partition coefficient (Wildman–Crippen LogP) is 4.56. The predicted molar refractivity (Wildman–Crippen MR) is 115 cm³/mol. The highest BCUT2D eigenvalue weighted by molar-refractivity contribution is 5.88. The lowest BCUT2D eigenvalue weighted by atomic mass is 10.1. The summed E-state index contributed by atoms with van der Waals surface area (Å²) in [4.78, 5) is 16.8. The van der Waals surface area contributed by atoms with Crippen molar-refractivity contribution in [3.63, 3.8) is 0 Å². The van der Waals surface area contributed by atoms with Crippen LogP contribution in [0.2, 0.25) is 0 Å². The lowest BCUT2D eigenvalue weighted by molar-refractivity contribution is 0.0464. The van der Waals surface area contributed by atoms with E-state index in [4.69, 9.17) is 14.9 Å². The van der Waals surface area contributed by atoms with Gasteiger partial charge < -0.3 is 19.5 Å². The minimum absolute atomic E-state index is 0.173. The number of carbonyl (C=O) groups excluding carboxylic acids is 1. The summed E-state index contributed by atoms with van der Waals surface area (Å²) in [5.74, 6) is 0.239. The third-order valence-corrected chi connectivity index (χ3v) is 5.19. The first-order valence-electron chi connectivity index (χ1n) is 10.1. The molecule has 0 radical (unpaired) electrons. The normalized spacial score (nSPS) is 12.2. The molecule has 2 N–H and O–H groups in total. The zero-order chi connectivity index (χ0) is 21.1. The molecule has 0 amide bonds. The number of hydrogen-bond acceptors (Lipinski definition) is 5. The molecule has 4 rings (SSSR count). The molecule has 2 aromatic heterocycles. The maximum Gasteiger partial charge on any atom is 0.360 e. The lowest BCUT2D eigenvalue weighted by Gasteiger charge is -2.06. The van der Waals surface area contributed by atoms with Gasteiger partial charge in [0.1, 0.15) is 12.4 Å². The summed E-state index contributed by atoms with van der Waals surface area (Å²) in [6.07, 6.45) is 2.68. The number of nitrogens with two attached hydrogens (primary N) is 1. The Morgan fingerprint density at radius 3 is 2.67 bits per heavy atom. The second-order valence-electron chi connectivity index (χ2n) is 7.29. The molecule has 154 valence electrons. The summed E-state index contributed by atoms with van der Waals surface area (Å²) in [5.41, 5.74) is 9.79. The zero-order valence-electron chi connectivity index (χ0n) is 17.2. The van der Waals surface area contributed by atoms with E-state index in [-0.39, 0.29) is 12.3 Å². The van der Waals surface area contributed by atoms with Gasteiger partial charge in [0.2, 0.25) is 5.89 Å². The van der Waals surface area contributed by atoms with Crippen LogP contribution in [0.25, 0.3) is 10.9 Å². The van der Waals surface area contributed by atoms with E-state index in [0.29, 0.717) is 18.1 Å². The minimum Gasteiger partial charge on any atom is -0.456 e. The smallest absolute Gasteiger partial charge is 0.360 e. The monoisotopic (exact) mass is 403 g/mol. The van der Waals surface area contributed by atoms with Crippen LogP contribution in [0.3, 0.4) is 0 Å². The second-order valence-corrected chi connectivity index (χ2v) is 7.29. The van der Waals surface area contributed by atoms with Gasteiger partial charge in [-0.25, -0.2) is 9.78 Å². The van der Waals surface area contributed by atoms with Gasteiger partial charge in [0.25, 0.3) is 0 Å². The lowest BCUT2D eigenvalue weighted by Crippen LogP contribution is -2.14. The third-order valence-electron chi connectivity index (χ3n) is 5.19. The number of carbonyl (C=O) groups is 1. The molecule has 0 aliphatic carbocycles. The number of aromatic nitrogens is 2. The Morgan fingerprint density at radius 1 is 1.17 bits per heavy atom. The van der Waals surface area contributed by atoms with E-state index in [2.05, 4.69) is 34.8 Å². The van der Waals surface area contributed by atoms with E-state index in [1.54, 1.807) is 6.92 Å². The molecule has 0 unspecified atom stereocenters. The molecule has 0 saturated carbocycles. The Hall–Kier alpha value is -3.38. The van der Waals surface area contributed by atoms with Crippen molar-refractivity contribution in [2.75, 3.05) is 0 Å². The van der Waals surface area contributed by atoms with E-state index in [0.717, 1.165) is 17.7 Å². The summed E-state index contributed by atoms with van der Waals surface area (Å²) in [5, 5.41) is 1.17. The molecule has 6 nitrogen and oxygen atoms in total. The van der Waals surface area contributed by atoms with Crippen molar-refractivity contribution in [2.24, 2.45) is 5.73 Å². The molecule has 1 atom stereocenters. The first-order chi connectivity index (χ1) is 14.6. The minimum atomic E-state index is -0.513. The fraction of sp³-hybridized carbons (Fsp3) is 0.250. The van der Waals surface area contributed by atoms with Gasteiger partial charge in [-0.3, -0.25) is 0 Å². The van der Waals surface area contributed by atoms with Crippen LogP contribution < -0.4 is 5.73 Å². The molecule has 2 aromatic carbocycles. The van der Waals surface area contributed by atoms with Crippen LogP contribution in [0.1, 0.15) is 46.2 Å². The molecule has 0 fully saturated rings. The topological polar surface area (TPSA) is 83.3 Å². The summed E-state index contributed by atoms with van der Waals surface area (Å²) < 4.78 is 13.3. The standard InChI is InChI=1S/C24H25N3O3/c1-3-27-14-18(19-11-7-8-12-21(19)27)13-20(25)23-26-22(16(2)30-23)24(28)29-15-17-9-5-4-6-10-17/h4-12,14,20H,3,13,15,25H2,1-2H3/t20-/m1/s1. The third kappa shape index (κ3) is 4.00. The average molecular weight is 403 g/mol. The van der Waals surface area contributed by atoms with Crippen LogP contribution in [0, 0.1) is 6.92 Å². The van der Waals surface area contributed by atoms with Crippen LogP contribution in [0.5, 0.6) is 0 Å². The number of benzene rings is 2. The van der Waals surface area contributed by atoms with Gasteiger partial charge >= 0.3 is 5.97 Å². The highest BCUT2D eigenvalue weighted by Gasteiger charge is 2.23. The van der Waals surface area contributed by atoms with Gasteiger partial charge in [-0.15, -0.1) is 0 Å². The average Bonchev–Trinajstić information content (AvgIpc) is 3.33. The van der Waals surface area contributed by atoms with E-state index >= 15 is 0 Å². The number of oxazole rings is 1. The van der Waals surface area contributed by atoms with Crippen molar-refractivity contribution in [3.8, 4) is 0 Å². The van der Waals surface area contributed by atoms with Gasteiger partial charge in [-0.1, -0.05) is 48.5 Å². The summed E-state index contributed by atoms with van der Waals surface area (Å²) in [7, 11) is 0. The zero-order valence-corrected chi connectivity index (χ0v) is 17.2. The quantitative estimate of drug-likeness (QED) is 0.458. The summed E-state index contributed by atoms with van der Waals surface area (Å²) >= 11 is 0. The van der Waals surface area contributed by atoms with Crippen LogP contribution in [0.4, 0.5) is 0 Å². The number of esters is 1. The molecule has 0 aliphatic rings. The number of para-hydroxylation sites is 1. The molecule has 6 heteroatoms. The maximum atomic E-state index is 12.5. The van der Waals surface area contributed by atoms with Crippen molar-refractivity contribution in [3.05, 3.63) is 89.3 Å². The molecular formula is C24H25N3O3. The molecule has 0 bridgehead atoms. The molecule has 30 heavy (non-hydrogen) atoms. The molecular weight excluding hydrogens is 378 g/mol. The van der Waals surface area contributed by atoms with Crippen molar-refractivity contribution in [1.82, 2.24) is 9.55 Å². The first kappa shape index (κ1) is 19.9. The molecule has 4 aromatic rings. The van der Waals surface area contributed by atoms with E-state index in [9.17, 15) is 4.79 Å². The van der Waals surface area contributed by atoms with Gasteiger partial charge in [0.05, 0.1) is 6.04 Å². The summed E-state index contributed by atoms with van der Waals surface area (Å²) in [6.45, 7) is 4.88. The maximum absolute atomic E-state index is 12.5. The number of fused-ring (bicyclic) bond motifs is 1. The van der Waals surface area contributed by atoms with Gasteiger partial charge in [0.15, 0.2) is 5.69 Å². The highest BCUT2D eigenvalue weighted by atomic mass is 16.5. The van der Waals surface area contributed by atoms with Crippen LogP contribution in [0.15, 0.2) is 65.2 Å². The van der Waals surface area contributed by atoms with Gasteiger partial charge in [-0.2, -0.15) is 0 Å². The van der Waals surface area contributed by atoms with E-state index < -0.39 is 12.0 Å². The van der Waals surface area contributed by atoms with Crippen molar-refractivity contribution < 1.29 is 13.9 Å². The fourth-order valence-electron chi connectivity index (χ4n) is 3.63. The van der Waals surface area contributed by atoms with E-state index in [1.807, 2.05) is 42.5 Å². The molecule has 0 aliphatic heterocycles. The Balaban J connectivity index is 1.49. The van der Waals surface area contributed by atoms with Gasteiger partial charge in [0, 0.05) is 23.6 Å². The summed E-state index contributed by atoms with van der Waals surface area (Å²) in [6, 6.07) is 17.3. The largest absolute Gasteiger partial charge is 0.456 e. The first-order valence-corrected chi connectivity index (χ1v) is 10.1. The SMILES string of the molecule is CCn1cc(C[C@@H](N)c2nc(C(=O)OCc3ccccc3)c(C)o2)c2ccccc21. The Bertz CT molecular complexity index is 1160. The molecule has 2 heterocycles. The second kappa shape index (κ2) is 8.55. The Labute approximate surface area is 175 Å². The van der Waals surface area contributed by atoms with Crippen LogP contribution in [-0.2, 0) is 24.3 Å². The number of hydrogen-bond donors (Lipinski definition) is 1. The highest BCUT2D eigenvalue weighted by Crippen LogP contribution is 2.26. The van der Waals surface area contributed by atoms with Crippen LogP contribution in [-0.4, -0.2) is 15.5 Å². The van der Waals surface area contributed by atoms with Crippen molar-refractivity contribution in [2.45, 2.75) is 39.5 Å². The Kier molecular flexibility index (Phi) is 5.68. The van der Waals surface area contributed by atoms with Crippen molar-refractivity contribution >= 4 is 16.9 Å². The number of rotatable bonds is 7. The molecule has 0 spiro atoms. The van der Waals surface area contributed by atoms with Crippen molar-refractivity contribution in [1.29, 1.82) is 0 Å². The number of nitrogens with zero attached hydrogens (tertiary/aromatic N) is 2. The Morgan fingerprint density at radius 2 is 1.90 bits per heavy atom. The molecule has 0 saturated heterocycles. The van der Waals surface area contributed by atoms with Crippen LogP contribution >= 0.6 is 0 Å². The van der Waals surface area contributed by atoms with E-state index in [1.165, 1.54) is 10.9 Å². The fourth-order valence-corrected chi connectivity index (χ4v) is 3.63. The number of aryl methyl sites for hydroxylation is 2. The van der Waals surface area contributed by atoms with Gasteiger partial charge in [-0.05, 0) is 37.5 Å².